The van der Waals surface area contributed by atoms with Crippen LogP contribution in [-0.2, 0) is 0 Å². The smallest absolute Gasteiger partial charge is 0.00442 e. The van der Waals surface area contributed by atoms with Crippen LogP contribution in [0.4, 0.5) is 0 Å². The van der Waals surface area contributed by atoms with Gasteiger partial charge in [-0.15, -0.1) is 0 Å². The van der Waals surface area contributed by atoms with E-state index in [4.69, 9.17) is 5.73 Å². The van der Waals surface area contributed by atoms with E-state index in [1.807, 2.05) is 0 Å². The van der Waals surface area contributed by atoms with Gasteiger partial charge in [0, 0.05) is 6.04 Å². The average molecular weight is 153 g/mol. The zero-order chi connectivity index (χ0) is 7.90. The van der Waals surface area contributed by atoms with E-state index < -0.39 is 0 Å². The largest absolute Gasteiger partial charge is 0.328 e. The molecule has 2 aliphatic rings. The highest BCUT2D eigenvalue weighted by Crippen LogP contribution is 2.62. The van der Waals surface area contributed by atoms with E-state index in [-0.39, 0.29) is 0 Å². The molecule has 2 fully saturated rings. The highest BCUT2D eigenvalue weighted by Gasteiger charge is 2.54. The van der Waals surface area contributed by atoms with Gasteiger partial charge in [-0.1, -0.05) is 19.3 Å². The van der Waals surface area contributed by atoms with Crippen LogP contribution in [0.2, 0.25) is 0 Å². The third-order valence-electron chi connectivity index (χ3n) is 3.74. The van der Waals surface area contributed by atoms with Crippen molar-refractivity contribution >= 4 is 0 Å². The van der Waals surface area contributed by atoms with Crippen molar-refractivity contribution in [1.29, 1.82) is 0 Å². The van der Waals surface area contributed by atoms with Gasteiger partial charge in [-0.25, -0.2) is 0 Å². The molecule has 0 radical (unpaired) electrons. The Morgan fingerprint density at radius 2 is 1.91 bits per heavy atom. The topological polar surface area (TPSA) is 26.0 Å². The quantitative estimate of drug-likeness (QED) is 0.614. The standard InChI is InChI=1S/C10H19N/c1-8(11)9-7-10(9)5-3-2-4-6-10/h8-9H,2-7,11H2,1H3. The van der Waals surface area contributed by atoms with Crippen molar-refractivity contribution in [2.75, 3.05) is 0 Å². The summed E-state index contributed by atoms with van der Waals surface area (Å²) in [6.07, 6.45) is 8.77. The summed E-state index contributed by atoms with van der Waals surface area (Å²) in [4.78, 5) is 0. The first-order chi connectivity index (χ1) is 5.25. The van der Waals surface area contributed by atoms with Crippen LogP contribution in [-0.4, -0.2) is 6.04 Å². The van der Waals surface area contributed by atoms with Crippen LogP contribution < -0.4 is 5.73 Å². The normalized spacial score (nSPS) is 37.1. The molecule has 64 valence electrons. The minimum Gasteiger partial charge on any atom is -0.328 e. The number of hydrogen-bond donors (Lipinski definition) is 1. The molecule has 0 amide bonds. The van der Waals surface area contributed by atoms with Crippen LogP contribution in [0.5, 0.6) is 0 Å². The van der Waals surface area contributed by atoms with Gasteiger partial charge in [0.2, 0.25) is 0 Å². The fourth-order valence-corrected chi connectivity index (χ4v) is 2.95. The maximum Gasteiger partial charge on any atom is 0.00442 e. The van der Waals surface area contributed by atoms with E-state index in [2.05, 4.69) is 6.92 Å². The van der Waals surface area contributed by atoms with Gasteiger partial charge in [-0.05, 0) is 37.5 Å². The minimum absolute atomic E-state index is 0.452. The maximum atomic E-state index is 5.90. The molecule has 0 saturated heterocycles. The Kier molecular flexibility index (Phi) is 1.71. The lowest BCUT2D eigenvalue weighted by molar-refractivity contribution is 0.296. The molecule has 1 spiro atoms. The summed E-state index contributed by atoms with van der Waals surface area (Å²) in [6, 6.07) is 0.452. The zero-order valence-electron chi connectivity index (χ0n) is 7.47. The van der Waals surface area contributed by atoms with Gasteiger partial charge in [0.1, 0.15) is 0 Å². The molecule has 2 aliphatic carbocycles. The lowest BCUT2D eigenvalue weighted by atomic mass is 9.83. The Bertz CT molecular complexity index is 145. The van der Waals surface area contributed by atoms with Crippen molar-refractivity contribution < 1.29 is 0 Å². The van der Waals surface area contributed by atoms with Crippen LogP contribution in [0.15, 0.2) is 0 Å². The van der Waals surface area contributed by atoms with Gasteiger partial charge in [0.05, 0.1) is 0 Å². The SMILES string of the molecule is CC(N)C1CC12CCCCC2. The van der Waals surface area contributed by atoms with E-state index in [1.165, 1.54) is 38.5 Å². The van der Waals surface area contributed by atoms with Gasteiger partial charge >= 0.3 is 0 Å². The fraction of sp³-hybridized carbons (Fsp3) is 1.00. The molecule has 11 heavy (non-hydrogen) atoms. The summed E-state index contributed by atoms with van der Waals surface area (Å²) in [5.41, 5.74) is 6.65. The predicted octanol–water partition coefficient (Wildman–Crippen LogP) is 2.30. The molecule has 0 heterocycles. The number of nitrogens with two attached hydrogens (primary N) is 1. The Balaban J connectivity index is 1.93. The van der Waals surface area contributed by atoms with Gasteiger partial charge in [0.15, 0.2) is 0 Å². The van der Waals surface area contributed by atoms with Crippen molar-refractivity contribution in [2.24, 2.45) is 17.1 Å². The first-order valence-corrected chi connectivity index (χ1v) is 5.00. The van der Waals surface area contributed by atoms with Gasteiger partial charge in [-0.2, -0.15) is 0 Å². The molecule has 2 N–H and O–H groups in total. The van der Waals surface area contributed by atoms with Gasteiger partial charge < -0.3 is 5.73 Å². The van der Waals surface area contributed by atoms with Crippen LogP contribution in [0.25, 0.3) is 0 Å². The second-order valence-electron chi connectivity index (χ2n) is 4.59. The lowest BCUT2D eigenvalue weighted by Crippen LogP contribution is -2.23. The first kappa shape index (κ1) is 7.60. The van der Waals surface area contributed by atoms with Crippen LogP contribution in [0, 0.1) is 11.3 Å². The number of rotatable bonds is 1. The molecule has 0 bridgehead atoms. The third kappa shape index (κ3) is 1.20. The summed E-state index contributed by atoms with van der Waals surface area (Å²) >= 11 is 0. The Labute approximate surface area is 69.4 Å². The van der Waals surface area contributed by atoms with E-state index >= 15 is 0 Å². The zero-order valence-corrected chi connectivity index (χ0v) is 7.47. The van der Waals surface area contributed by atoms with Gasteiger partial charge in [0.25, 0.3) is 0 Å². The first-order valence-electron chi connectivity index (χ1n) is 5.00. The highest BCUT2D eigenvalue weighted by atomic mass is 14.7. The van der Waals surface area contributed by atoms with E-state index in [0.717, 1.165) is 11.3 Å². The molecule has 2 rings (SSSR count). The maximum absolute atomic E-state index is 5.90. The van der Waals surface area contributed by atoms with Crippen LogP contribution in [0.1, 0.15) is 45.4 Å². The van der Waals surface area contributed by atoms with Gasteiger partial charge in [-0.3, -0.25) is 0 Å². The van der Waals surface area contributed by atoms with Crippen LogP contribution >= 0.6 is 0 Å². The fourth-order valence-electron chi connectivity index (χ4n) is 2.95. The summed E-state index contributed by atoms with van der Waals surface area (Å²) < 4.78 is 0. The molecule has 1 heteroatoms. The molecule has 0 aromatic heterocycles. The van der Waals surface area contributed by atoms with E-state index in [1.54, 1.807) is 0 Å². The Morgan fingerprint density at radius 3 is 2.36 bits per heavy atom. The highest BCUT2D eigenvalue weighted by molar-refractivity contribution is 5.06. The number of hydrogen-bond acceptors (Lipinski definition) is 1. The molecule has 2 unspecified atom stereocenters. The lowest BCUT2D eigenvalue weighted by Gasteiger charge is -2.23. The molecule has 0 aromatic rings. The Hall–Kier alpha value is -0.0400. The molecular weight excluding hydrogens is 134 g/mol. The third-order valence-corrected chi connectivity index (χ3v) is 3.74. The molecule has 2 atom stereocenters. The van der Waals surface area contributed by atoms with Crippen molar-refractivity contribution in [3.05, 3.63) is 0 Å². The molecule has 0 aromatic carbocycles. The second-order valence-corrected chi connectivity index (χ2v) is 4.59. The van der Waals surface area contributed by atoms with E-state index in [9.17, 15) is 0 Å². The van der Waals surface area contributed by atoms with E-state index in [0.29, 0.717) is 6.04 Å². The molecule has 2 saturated carbocycles. The molecule has 0 aliphatic heterocycles. The monoisotopic (exact) mass is 153 g/mol. The summed E-state index contributed by atoms with van der Waals surface area (Å²) in [7, 11) is 0. The van der Waals surface area contributed by atoms with Crippen molar-refractivity contribution in [3.8, 4) is 0 Å². The second kappa shape index (κ2) is 2.48. The summed E-state index contributed by atoms with van der Waals surface area (Å²) in [5.74, 6) is 0.878. The average Bonchev–Trinajstić information content (AvgIpc) is 2.66. The minimum atomic E-state index is 0.452. The Morgan fingerprint density at radius 1 is 1.27 bits per heavy atom. The molecular formula is C10H19N. The van der Waals surface area contributed by atoms with Crippen molar-refractivity contribution in [2.45, 2.75) is 51.5 Å². The molecule has 1 nitrogen and oxygen atoms in total. The summed E-state index contributed by atoms with van der Waals surface area (Å²) in [5, 5.41) is 0. The van der Waals surface area contributed by atoms with Crippen LogP contribution in [0.3, 0.4) is 0 Å². The van der Waals surface area contributed by atoms with Crippen molar-refractivity contribution in [3.63, 3.8) is 0 Å². The van der Waals surface area contributed by atoms with Crippen molar-refractivity contribution in [1.82, 2.24) is 0 Å². The summed E-state index contributed by atoms with van der Waals surface area (Å²) in [6.45, 7) is 2.17. The predicted molar refractivity (Wildman–Crippen MR) is 47.3 cm³/mol.